The number of nitrogens with one attached hydrogen (secondary N) is 1. The van der Waals surface area contributed by atoms with E-state index in [0.717, 1.165) is 24.3 Å². The molecule has 0 aliphatic carbocycles. The lowest BCUT2D eigenvalue weighted by Gasteiger charge is -2.17. The first-order chi connectivity index (χ1) is 10.3. The van der Waals surface area contributed by atoms with Crippen LogP contribution in [0.3, 0.4) is 0 Å². The number of hydrogen-bond acceptors (Lipinski definition) is 3. The molecular formula is C17H20FNS2. The molecule has 4 heteroatoms. The average Bonchev–Trinajstić information content (AvgIpc) is 2.93. The average molecular weight is 321 g/mol. The molecule has 0 bridgehead atoms. The molecule has 1 nitrogen and oxygen atoms in total. The predicted octanol–water partition coefficient (Wildman–Crippen LogP) is 4.77. The first kappa shape index (κ1) is 15.1. The summed E-state index contributed by atoms with van der Waals surface area (Å²) in [4.78, 5) is 2.90. The maximum Gasteiger partial charge on any atom is 0.123 e. The van der Waals surface area contributed by atoms with E-state index in [0.29, 0.717) is 0 Å². The van der Waals surface area contributed by atoms with Gasteiger partial charge in [0.15, 0.2) is 0 Å². The maximum atomic E-state index is 13.2. The van der Waals surface area contributed by atoms with Gasteiger partial charge in [-0.3, -0.25) is 0 Å². The highest BCUT2D eigenvalue weighted by atomic mass is 32.2. The topological polar surface area (TPSA) is 12.0 Å². The lowest BCUT2D eigenvalue weighted by molar-refractivity contribution is 0.599. The number of rotatable bonds is 5. The minimum Gasteiger partial charge on any atom is -0.306 e. The molecule has 0 saturated heterocycles. The van der Waals surface area contributed by atoms with Crippen molar-refractivity contribution in [2.45, 2.75) is 31.6 Å². The summed E-state index contributed by atoms with van der Waals surface area (Å²) < 4.78 is 13.2. The molecule has 1 unspecified atom stereocenters. The van der Waals surface area contributed by atoms with Gasteiger partial charge in [0.2, 0.25) is 0 Å². The number of hydrogen-bond donors (Lipinski definition) is 1. The van der Waals surface area contributed by atoms with Crippen molar-refractivity contribution in [3.63, 3.8) is 0 Å². The van der Waals surface area contributed by atoms with Gasteiger partial charge in [-0.15, -0.1) is 11.3 Å². The van der Waals surface area contributed by atoms with Gasteiger partial charge in [-0.1, -0.05) is 19.1 Å². The van der Waals surface area contributed by atoms with Crippen LogP contribution in [0.25, 0.3) is 0 Å². The van der Waals surface area contributed by atoms with Crippen LogP contribution in [0.15, 0.2) is 30.3 Å². The van der Waals surface area contributed by atoms with E-state index in [2.05, 4.69) is 18.3 Å². The van der Waals surface area contributed by atoms with Crippen LogP contribution in [0, 0.1) is 5.82 Å². The second kappa shape index (κ2) is 6.95. The minimum atomic E-state index is -0.171. The Bertz CT molecular complexity index is 568. The van der Waals surface area contributed by atoms with Gasteiger partial charge in [-0.05, 0) is 54.5 Å². The van der Waals surface area contributed by atoms with E-state index < -0.39 is 0 Å². The Morgan fingerprint density at radius 3 is 2.81 bits per heavy atom. The molecule has 0 radical (unpaired) electrons. The lowest BCUT2D eigenvalue weighted by Crippen LogP contribution is -2.22. The quantitative estimate of drug-likeness (QED) is 0.851. The van der Waals surface area contributed by atoms with E-state index in [1.807, 2.05) is 35.2 Å². The third-order valence-corrected chi connectivity index (χ3v) is 6.04. The molecule has 1 aliphatic rings. The predicted molar refractivity (Wildman–Crippen MR) is 90.7 cm³/mol. The minimum absolute atomic E-state index is 0.171. The summed E-state index contributed by atoms with van der Waals surface area (Å²) in [7, 11) is 0. The van der Waals surface area contributed by atoms with Crippen molar-refractivity contribution in [1.82, 2.24) is 5.32 Å². The highest BCUT2D eigenvalue weighted by Crippen LogP contribution is 2.36. The first-order valence-electron chi connectivity index (χ1n) is 7.46. The Balaban J connectivity index is 1.91. The summed E-state index contributed by atoms with van der Waals surface area (Å²) in [5, 5.41) is 3.61. The SMILES string of the molecule is CCCNC(c1ccc(F)cc1)c1cc2c(s1)CCSC2. The smallest absolute Gasteiger partial charge is 0.123 e. The molecule has 1 aromatic heterocycles. The maximum absolute atomic E-state index is 13.2. The first-order valence-corrected chi connectivity index (χ1v) is 9.43. The van der Waals surface area contributed by atoms with Crippen molar-refractivity contribution in [3.8, 4) is 0 Å². The van der Waals surface area contributed by atoms with Gasteiger partial charge in [0.05, 0.1) is 6.04 Å². The van der Waals surface area contributed by atoms with Crippen molar-refractivity contribution < 1.29 is 4.39 Å². The molecular weight excluding hydrogens is 301 g/mol. The van der Waals surface area contributed by atoms with E-state index in [1.54, 1.807) is 12.1 Å². The summed E-state index contributed by atoms with van der Waals surface area (Å²) in [5.74, 6) is 2.20. The molecule has 21 heavy (non-hydrogen) atoms. The number of thioether (sulfide) groups is 1. The fraction of sp³-hybridized carbons (Fsp3) is 0.412. The number of thiophene rings is 1. The van der Waals surface area contributed by atoms with Crippen LogP contribution in [-0.2, 0) is 12.2 Å². The number of fused-ring (bicyclic) bond motifs is 1. The van der Waals surface area contributed by atoms with Crippen molar-refractivity contribution in [2.24, 2.45) is 0 Å². The van der Waals surface area contributed by atoms with E-state index >= 15 is 0 Å². The van der Waals surface area contributed by atoms with Crippen LogP contribution >= 0.6 is 23.1 Å². The van der Waals surface area contributed by atoms with Crippen LogP contribution < -0.4 is 5.32 Å². The molecule has 2 aromatic rings. The molecule has 1 aromatic carbocycles. The van der Waals surface area contributed by atoms with Crippen molar-refractivity contribution >= 4 is 23.1 Å². The van der Waals surface area contributed by atoms with Crippen LogP contribution in [0.1, 0.15) is 40.3 Å². The molecule has 2 heterocycles. The zero-order valence-corrected chi connectivity index (χ0v) is 13.8. The van der Waals surface area contributed by atoms with Gasteiger partial charge in [0.25, 0.3) is 0 Å². The Labute approximate surface area is 134 Å². The van der Waals surface area contributed by atoms with Gasteiger partial charge in [-0.25, -0.2) is 4.39 Å². The standard InChI is InChI=1S/C17H20FNS2/c1-2-8-19-17(12-3-5-14(18)6-4-12)16-10-13-11-20-9-7-15(13)21-16/h3-6,10,17,19H,2,7-9,11H2,1H3. The Kier molecular flexibility index (Phi) is 4.99. The molecule has 1 aliphatic heterocycles. The Morgan fingerprint density at radius 1 is 1.29 bits per heavy atom. The van der Waals surface area contributed by atoms with Gasteiger partial charge in [0, 0.05) is 15.5 Å². The third-order valence-electron chi connectivity index (χ3n) is 3.73. The fourth-order valence-electron chi connectivity index (χ4n) is 2.64. The molecule has 0 amide bonds. The van der Waals surface area contributed by atoms with Crippen LogP contribution in [0.2, 0.25) is 0 Å². The summed E-state index contributed by atoms with van der Waals surface area (Å²) in [6.07, 6.45) is 2.28. The van der Waals surface area contributed by atoms with Crippen molar-refractivity contribution in [1.29, 1.82) is 0 Å². The summed E-state index contributed by atoms with van der Waals surface area (Å²) in [5.41, 5.74) is 2.65. The Morgan fingerprint density at radius 2 is 2.10 bits per heavy atom. The van der Waals surface area contributed by atoms with Crippen LogP contribution in [0.5, 0.6) is 0 Å². The largest absolute Gasteiger partial charge is 0.306 e. The monoisotopic (exact) mass is 321 g/mol. The molecule has 112 valence electrons. The van der Waals surface area contributed by atoms with E-state index in [4.69, 9.17) is 0 Å². The normalized spacial score (nSPS) is 15.7. The van der Waals surface area contributed by atoms with Gasteiger partial charge in [-0.2, -0.15) is 11.8 Å². The highest BCUT2D eigenvalue weighted by molar-refractivity contribution is 7.98. The zero-order valence-electron chi connectivity index (χ0n) is 12.2. The number of halogens is 1. The van der Waals surface area contributed by atoms with Crippen LogP contribution in [0.4, 0.5) is 4.39 Å². The zero-order chi connectivity index (χ0) is 14.7. The van der Waals surface area contributed by atoms with E-state index in [1.165, 1.54) is 27.5 Å². The molecule has 1 N–H and O–H groups in total. The molecule has 0 saturated carbocycles. The third kappa shape index (κ3) is 3.50. The molecule has 0 fully saturated rings. The van der Waals surface area contributed by atoms with E-state index in [-0.39, 0.29) is 11.9 Å². The van der Waals surface area contributed by atoms with Crippen LogP contribution in [-0.4, -0.2) is 12.3 Å². The number of benzene rings is 1. The fourth-order valence-corrected chi connectivity index (χ4v) is 5.12. The lowest BCUT2D eigenvalue weighted by atomic mass is 10.0. The Hall–Kier alpha value is -0.840. The second-order valence-corrected chi connectivity index (χ2v) is 7.61. The summed E-state index contributed by atoms with van der Waals surface area (Å²) >= 11 is 3.94. The van der Waals surface area contributed by atoms with Gasteiger partial charge in [0.1, 0.15) is 5.82 Å². The summed E-state index contributed by atoms with van der Waals surface area (Å²) in [6, 6.07) is 9.44. The molecule has 3 rings (SSSR count). The number of aryl methyl sites for hydroxylation is 1. The second-order valence-electron chi connectivity index (χ2n) is 5.34. The molecule has 0 spiro atoms. The van der Waals surface area contributed by atoms with Gasteiger partial charge < -0.3 is 5.32 Å². The molecule has 1 atom stereocenters. The van der Waals surface area contributed by atoms with Crippen molar-refractivity contribution in [2.75, 3.05) is 12.3 Å². The summed E-state index contributed by atoms with van der Waals surface area (Å²) in [6.45, 7) is 3.14. The highest BCUT2D eigenvalue weighted by Gasteiger charge is 2.20. The van der Waals surface area contributed by atoms with E-state index in [9.17, 15) is 4.39 Å². The van der Waals surface area contributed by atoms with Gasteiger partial charge >= 0.3 is 0 Å². The van der Waals surface area contributed by atoms with Crippen molar-refractivity contribution in [3.05, 3.63) is 57.0 Å².